The third-order valence-electron chi connectivity index (χ3n) is 6.90. The van der Waals surface area contributed by atoms with Crippen LogP contribution in [0.25, 0.3) is 11.6 Å². The van der Waals surface area contributed by atoms with Crippen molar-refractivity contribution in [3.63, 3.8) is 0 Å². The fraction of sp³-hybridized carbons (Fsp3) is 0.457. The molecule has 0 N–H and O–H groups in total. The van der Waals surface area contributed by atoms with Crippen LogP contribution in [-0.2, 0) is 19.3 Å². The summed E-state index contributed by atoms with van der Waals surface area (Å²) in [6, 6.07) is 22.4. The zero-order chi connectivity index (χ0) is 38.3. The first-order chi connectivity index (χ1) is 24.9. The van der Waals surface area contributed by atoms with Gasteiger partial charge in [0.25, 0.3) is 0 Å². The molecular formula is C46H66N4O2. The summed E-state index contributed by atoms with van der Waals surface area (Å²) in [5, 5.41) is 4.20. The van der Waals surface area contributed by atoms with E-state index in [1.54, 1.807) is 6.20 Å². The van der Waals surface area contributed by atoms with Crippen LogP contribution >= 0.6 is 0 Å². The largest absolute Gasteiger partial charge is 0.493 e. The molecule has 0 amide bonds. The van der Waals surface area contributed by atoms with E-state index in [4.69, 9.17) is 9.47 Å². The Kier molecular flexibility index (Phi) is 20.8. The molecule has 0 spiro atoms. The normalized spacial score (nSPS) is 12.6. The Hall–Kier alpha value is -4.45. The number of allylic oxidation sites excluding steroid dienone is 1. The summed E-state index contributed by atoms with van der Waals surface area (Å²) in [6.07, 6.45) is 16.0. The maximum absolute atomic E-state index is 5.42. The molecule has 1 aromatic carbocycles. The van der Waals surface area contributed by atoms with Crippen molar-refractivity contribution < 1.29 is 9.47 Å². The number of fused-ring (bicyclic) bond motifs is 4. The summed E-state index contributed by atoms with van der Waals surface area (Å²) in [5.41, 5.74) is 7.50. The Balaban J connectivity index is 0.000000219. The van der Waals surface area contributed by atoms with Gasteiger partial charge >= 0.3 is 0 Å². The third-order valence-corrected chi connectivity index (χ3v) is 6.90. The molecule has 0 radical (unpaired) electrons. The molecule has 4 aromatic heterocycles. The van der Waals surface area contributed by atoms with E-state index in [0.29, 0.717) is 5.92 Å². The van der Waals surface area contributed by atoms with Crippen LogP contribution in [-0.4, -0.2) is 32.8 Å². The minimum Gasteiger partial charge on any atom is -0.493 e. The van der Waals surface area contributed by atoms with Gasteiger partial charge in [0.05, 0.1) is 30.1 Å². The lowest BCUT2D eigenvalue weighted by atomic mass is 10.0. The third kappa shape index (κ3) is 17.7. The number of benzene rings is 1. The van der Waals surface area contributed by atoms with Crippen LogP contribution in [0, 0.1) is 17.8 Å². The highest BCUT2D eigenvalue weighted by molar-refractivity contribution is 5.55. The second kappa shape index (κ2) is 24.7. The summed E-state index contributed by atoms with van der Waals surface area (Å²) in [4.78, 5) is 8.31. The molecule has 0 unspecified atom stereocenters. The molecule has 0 saturated heterocycles. The van der Waals surface area contributed by atoms with Crippen LogP contribution in [0.3, 0.4) is 0 Å². The maximum atomic E-state index is 5.42. The Morgan fingerprint density at radius 3 is 1.87 bits per heavy atom. The van der Waals surface area contributed by atoms with Crippen LogP contribution < -0.4 is 9.47 Å². The van der Waals surface area contributed by atoms with E-state index in [1.165, 1.54) is 28.6 Å². The van der Waals surface area contributed by atoms with Crippen molar-refractivity contribution in [3.05, 3.63) is 126 Å². The molecule has 2 aliphatic heterocycles. The van der Waals surface area contributed by atoms with E-state index in [2.05, 4.69) is 134 Å². The molecule has 52 heavy (non-hydrogen) atoms. The van der Waals surface area contributed by atoms with Gasteiger partial charge in [-0.15, -0.1) is 0 Å². The lowest BCUT2D eigenvalue weighted by Gasteiger charge is -2.15. The average Bonchev–Trinajstić information content (AvgIpc) is 3.89. The van der Waals surface area contributed by atoms with Gasteiger partial charge in [-0.25, -0.2) is 4.52 Å². The van der Waals surface area contributed by atoms with Gasteiger partial charge in [-0.1, -0.05) is 107 Å². The van der Waals surface area contributed by atoms with Crippen LogP contribution in [0.1, 0.15) is 117 Å². The molecule has 0 atom stereocenters. The summed E-state index contributed by atoms with van der Waals surface area (Å²) >= 11 is 0. The molecule has 5 aromatic rings. The van der Waals surface area contributed by atoms with Gasteiger partial charge < -0.3 is 9.47 Å². The van der Waals surface area contributed by atoms with E-state index in [1.807, 2.05) is 59.5 Å². The van der Waals surface area contributed by atoms with E-state index in [-0.39, 0.29) is 0 Å². The topological polar surface area (TPSA) is 61.5 Å². The van der Waals surface area contributed by atoms with Gasteiger partial charge in [-0.05, 0) is 108 Å². The molecule has 0 saturated carbocycles. The lowest BCUT2D eigenvalue weighted by Crippen LogP contribution is -2.07. The molecule has 282 valence electrons. The number of hydrogen-bond acceptors (Lipinski definition) is 5. The van der Waals surface area contributed by atoms with Crippen LogP contribution in [0.2, 0.25) is 0 Å². The van der Waals surface area contributed by atoms with E-state index in [0.717, 1.165) is 73.1 Å². The number of hydrogen-bond donors (Lipinski definition) is 0. The van der Waals surface area contributed by atoms with Crippen molar-refractivity contribution in [2.24, 2.45) is 17.8 Å². The molecule has 0 bridgehead atoms. The summed E-state index contributed by atoms with van der Waals surface area (Å²) in [5.74, 6) is 5.09. The Labute approximate surface area is 315 Å². The van der Waals surface area contributed by atoms with Gasteiger partial charge in [-0.2, -0.15) is 5.10 Å². The molecule has 3 aliphatic rings. The number of aromatic nitrogens is 4. The molecule has 0 fully saturated rings. The van der Waals surface area contributed by atoms with Crippen molar-refractivity contribution in [3.8, 4) is 11.5 Å². The molecular weight excluding hydrogens is 641 g/mol. The highest BCUT2D eigenvalue weighted by Crippen LogP contribution is 2.23. The van der Waals surface area contributed by atoms with Crippen LogP contribution in [0.5, 0.6) is 11.5 Å². The predicted molar refractivity (Wildman–Crippen MR) is 221 cm³/mol. The maximum Gasteiger partial charge on any atom is 0.140 e. The molecule has 8 rings (SSSR count). The smallest absolute Gasteiger partial charge is 0.140 e. The standard InChI is InChI=1S/C10H12N2.C9H10O.C8H7N.C7H7NO.3C4H10/c1-8(2)9-5-6-11-12-7-3-4-10(9)12;1-2-6-9-8(4-1)5-3-7-10-9;1-3-7-4-2-6-9-8(7)5-1;1-2-7-6(8-4-1)3-5-9-7;3*1-4(2)3/h3-8H,1-2H3;1-2,4,6H,3,5,7H2;1-2,4-6H,3H2;1-2,4H,3,5H2;3*4H,1-3H3. The first kappa shape index (κ1) is 43.7. The van der Waals surface area contributed by atoms with E-state index < -0.39 is 0 Å². The summed E-state index contributed by atoms with van der Waals surface area (Å²) < 4.78 is 12.6. The SMILES string of the molecule is C1=Cc2ncccc2C1.CC(C)C.CC(C)C.CC(C)C.CC(C)c1ccnn2cccc12.c1ccc2c(c1)CCCO2.c1cnc2c(c1)OCC2. The fourth-order valence-electron chi connectivity index (χ4n) is 4.83. The van der Waals surface area contributed by atoms with Gasteiger partial charge in [0.1, 0.15) is 11.5 Å². The molecule has 1 aliphatic carbocycles. The second-order valence-electron chi connectivity index (χ2n) is 15.2. The van der Waals surface area contributed by atoms with E-state index >= 15 is 0 Å². The Morgan fingerprint density at radius 1 is 0.596 bits per heavy atom. The number of ether oxygens (including phenoxy) is 2. The van der Waals surface area contributed by atoms with Crippen molar-refractivity contribution in [2.45, 2.75) is 108 Å². The Morgan fingerprint density at radius 2 is 1.21 bits per heavy atom. The summed E-state index contributed by atoms with van der Waals surface area (Å²) in [7, 11) is 0. The zero-order valence-electron chi connectivity index (χ0n) is 34.0. The van der Waals surface area contributed by atoms with E-state index in [9.17, 15) is 0 Å². The quantitative estimate of drug-likeness (QED) is 0.174. The van der Waals surface area contributed by atoms with Gasteiger partial charge in [0, 0.05) is 31.2 Å². The number of nitrogens with zero attached hydrogens (tertiary/aromatic N) is 4. The van der Waals surface area contributed by atoms with Crippen molar-refractivity contribution in [1.29, 1.82) is 0 Å². The molecule has 6 heteroatoms. The monoisotopic (exact) mass is 707 g/mol. The summed E-state index contributed by atoms with van der Waals surface area (Å²) in [6.45, 7) is 25.6. The zero-order valence-corrected chi connectivity index (χ0v) is 34.0. The lowest BCUT2D eigenvalue weighted by molar-refractivity contribution is 0.288. The molecule has 6 heterocycles. The van der Waals surface area contributed by atoms with Gasteiger partial charge in [0.2, 0.25) is 0 Å². The number of rotatable bonds is 1. The Bertz CT molecular complexity index is 1630. The average molecular weight is 707 g/mol. The first-order valence-corrected chi connectivity index (χ1v) is 19.2. The predicted octanol–water partition coefficient (Wildman–Crippen LogP) is 12.1. The second-order valence-corrected chi connectivity index (χ2v) is 15.2. The number of para-hydroxylation sites is 1. The van der Waals surface area contributed by atoms with Gasteiger partial charge in [-0.3, -0.25) is 9.97 Å². The van der Waals surface area contributed by atoms with Crippen LogP contribution in [0.4, 0.5) is 0 Å². The van der Waals surface area contributed by atoms with Crippen molar-refractivity contribution in [1.82, 2.24) is 19.6 Å². The minimum absolute atomic E-state index is 0.561. The molecule has 6 nitrogen and oxygen atoms in total. The van der Waals surface area contributed by atoms with Crippen LogP contribution in [0.15, 0.2) is 97.6 Å². The fourth-order valence-corrected chi connectivity index (χ4v) is 4.83. The number of pyridine rings is 2. The highest BCUT2D eigenvalue weighted by Gasteiger charge is 2.10. The first-order valence-electron chi connectivity index (χ1n) is 19.2. The van der Waals surface area contributed by atoms with Crippen molar-refractivity contribution >= 4 is 11.6 Å². The minimum atomic E-state index is 0.561. The highest BCUT2D eigenvalue weighted by atomic mass is 16.5. The van der Waals surface area contributed by atoms with Crippen molar-refractivity contribution in [2.75, 3.05) is 13.2 Å². The number of aryl methyl sites for hydroxylation is 1. The van der Waals surface area contributed by atoms with Gasteiger partial charge in [0.15, 0.2) is 0 Å².